The average Bonchev–Trinajstić information content (AvgIpc) is 3.32. The average molecular weight is 398 g/mol. The minimum atomic E-state index is -0.354. The molecule has 6 heteroatoms. The summed E-state index contributed by atoms with van der Waals surface area (Å²) in [6, 6.07) is 11.9. The fraction of sp³-hybridized carbons (Fsp3) is 0.211. The number of benzene rings is 1. The van der Waals surface area contributed by atoms with E-state index in [9.17, 15) is 4.79 Å². The highest BCUT2D eigenvalue weighted by molar-refractivity contribution is 9.10. The lowest BCUT2D eigenvalue weighted by atomic mass is 10.1. The van der Waals surface area contributed by atoms with Crippen molar-refractivity contribution in [2.75, 3.05) is 7.11 Å². The highest BCUT2D eigenvalue weighted by Crippen LogP contribution is 2.55. The molecule has 2 heterocycles. The quantitative estimate of drug-likeness (QED) is 0.622. The van der Waals surface area contributed by atoms with Crippen molar-refractivity contribution in [2.45, 2.75) is 18.3 Å². The Morgan fingerprint density at radius 3 is 2.84 bits per heavy atom. The Kier molecular flexibility index (Phi) is 4.13. The number of esters is 1. The van der Waals surface area contributed by atoms with E-state index in [4.69, 9.17) is 4.74 Å². The maximum absolute atomic E-state index is 12.2. The summed E-state index contributed by atoms with van der Waals surface area (Å²) in [5, 5.41) is 4.47. The highest BCUT2D eigenvalue weighted by atomic mass is 79.9. The third-order valence-electron chi connectivity index (χ3n) is 4.52. The zero-order chi connectivity index (χ0) is 17.4. The van der Waals surface area contributed by atoms with Gasteiger partial charge in [-0.15, -0.1) is 0 Å². The molecule has 1 fully saturated rings. The first-order valence-corrected chi connectivity index (χ1v) is 8.80. The maximum atomic E-state index is 12.2. The fourth-order valence-corrected chi connectivity index (χ4v) is 3.64. The number of aromatic nitrogens is 3. The van der Waals surface area contributed by atoms with Gasteiger partial charge < -0.3 is 4.74 Å². The Morgan fingerprint density at radius 1 is 1.24 bits per heavy atom. The molecule has 1 aromatic carbocycles. The summed E-state index contributed by atoms with van der Waals surface area (Å²) in [6.07, 6.45) is 6.23. The summed E-state index contributed by atoms with van der Waals surface area (Å²) in [5.74, 6) is 0.215. The van der Waals surface area contributed by atoms with Crippen molar-refractivity contribution in [1.82, 2.24) is 14.8 Å². The minimum absolute atomic E-state index is 0.222. The van der Waals surface area contributed by atoms with Crippen molar-refractivity contribution in [1.29, 1.82) is 0 Å². The summed E-state index contributed by atoms with van der Waals surface area (Å²) < 4.78 is 7.76. The Bertz CT molecular complexity index is 923. The van der Waals surface area contributed by atoms with E-state index in [1.807, 2.05) is 41.2 Å². The van der Waals surface area contributed by atoms with Gasteiger partial charge in [-0.05, 0) is 42.2 Å². The van der Waals surface area contributed by atoms with Crippen molar-refractivity contribution in [3.63, 3.8) is 0 Å². The van der Waals surface area contributed by atoms with Gasteiger partial charge >= 0.3 is 5.97 Å². The molecule has 0 amide bonds. The van der Waals surface area contributed by atoms with E-state index in [-0.39, 0.29) is 11.9 Å². The standard InChI is InChI=1S/C19H16BrN3O2/c1-25-19(24)17-11-22-23(14-6-2-5-13(20)8-14)18(17)16-9-15(16)12-4-3-7-21-10-12/h2-8,10-11,15-16H,9H2,1H3. The number of halogens is 1. The summed E-state index contributed by atoms with van der Waals surface area (Å²) in [5.41, 5.74) is 3.53. The third kappa shape index (κ3) is 2.98. The van der Waals surface area contributed by atoms with Crippen LogP contribution in [0.5, 0.6) is 0 Å². The van der Waals surface area contributed by atoms with Crippen LogP contribution in [0.3, 0.4) is 0 Å². The summed E-state index contributed by atoms with van der Waals surface area (Å²) >= 11 is 3.49. The molecule has 5 nitrogen and oxygen atoms in total. The zero-order valence-electron chi connectivity index (χ0n) is 13.6. The molecular formula is C19H16BrN3O2. The first kappa shape index (κ1) is 16.0. The van der Waals surface area contributed by atoms with Gasteiger partial charge in [-0.25, -0.2) is 9.48 Å². The zero-order valence-corrected chi connectivity index (χ0v) is 15.2. The number of methoxy groups -OCH3 is 1. The number of hydrogen-bond donors (Lipinski definition) is 0. The Labute approximate surface area is 153 Å². The first-order valence-electron chi connectivity index (χ1n) is 8.01. The third-order valence-corrected chi connectivity index (χ3v) is 5.01. The van der Waals surface area contributed by atoms with Crippen molar-refractivity contribution in [2.24, 2.45) is 0 Å². The Morgan fingerprint density at radius 2 is 2.12 bits per heavy atom. The largest absolute Gasteiger partial charge is 0.465 e. The van der Waals surface area contributed by atoms with Crippen LogP contribution in [-0.4, -0.2) is 27.8 Å². The second-order valence-electron chi connectivity index (χ2n) is 6.06. The van der Waals surface area contributed by atoms with Gasteiger partial charge in [0.2, 0.25) is 0 Å². The molecule has 1 aliphatic rings. The van der Waals surface area contributed by atoms with Gasteiger partial charge in [0.25, 0.3) is 0 Å². The predicted molar refractivity (Wildman–Crippen MR) is 96.9 cm³/mol. The molecule has 2 unspecified atom stereocenters. The van der Waals surface area contributed by atoms with E-state index in [1.54, 1.807) is 12.4 Å². The molecule has 1 aliphatic carbocycles. The lowest BCUT2D eigenvalue weighted by Gasteiger charge is -2.10. The molecule has 0 aliphatic heterocycles. The van der Waals surface area contributed by atoms with Gasteiger partial charge in [-0.2, -0.15) is 5.10 Å². The van der Waals surface area contributed by atoms with Crippen LogP contribution in [0.1, 0.15) is 39.9 Å². The van der Waals surface area contributed by atoms with E-state index < -0.39 is 0 Å². The number of carbonyl (C=O) groups excluding carboxylic acids is 1. The first-order chi connectivity index (χ1) is 12.2. The lowest BCUT2D eigenvalue weighted by molar-refractivity contribution is 0.0599. The van der Waals surface area contributed by atoms with Crippen LogP contribution in [0, 0.1) is 0 Å². The number of carbonyl (C=O) groups is 1. The molecule has 2 atom stereocenters. The van der Waals surface area contributed by atoms with E-state index in [1.165, 1.54) is 12.7 Å². The maximum Gasteiger partial charge on any atom is 0.341 e. The van der Waals surface area contributed by atoms with Crippen LogP contribution in [0.25, 0.3) is 5.69 Å². The van der Waals surface area contributed by atoms with Crippen molar-refractivity contribution in [3.8, 4) is 5.69 Å². The van der Waals surface area contributed by atoms with Crippen LogP contribution in [0.15, 0.2) is 59.5 Å². The molecule has 1 saturated carbocycles. The van der Waals surface area contributed by atoms with Crippen molar-refractivity contribution >= 4 is 21.9 Å². The molecule has 2 aromatic heterocycles. The van der Waals surface area contributed by atoms with Crippen molar-refractivity contribution in [3.05, 3.63) is 76.3 Å². The molecular weight excluding hydrogens is 382 g/mol. The van der Waals surface area contributed by atoms with Gasteiger partial charge in [0.15, 0.2) is 0 Å². The molecule has 0 saturated heterocycles. The minimum Gasteiger partial charge on any atom is -0.465 e. The molecule has 0 radical (unpaired) electrons. The number of pyridine rings is 1. The number of ether oxygens (including phenoxy) is 1. The van der Waals surface area contributed by atoms with E-state index >= 15 is 0 Å². The Balaban J connectivity index is 1.77. The topological polar surface area (TPSA) is 57.0 Å². The van der Waals surface area contributed by atoms with Gasteiger partial charge in [0.1, 0.15) is 5.56 Å². The number of hydrogen-bond acceptors (Lipinski definition) is 4. The van der Waals surface area contributed by atoms with E-state index in [0.717, 1.165) is 22.3 Å². The summed E-state index contributed by atoms with van der Waals surface area (Å²) in [7, 11) is 1.40. The molecule has 126 valence electrons. The van der Waals surface area contributed by atoms with Crippen LogP contribution in [-0.2, 0) is 4.74 Å². The molecule has 0 N–H and O–H groups in total. The van der Waals surface area contributed by atoms with Gasteiger partial charge in [-0.3, -0.25) is 4.98 Å². The second-order valence-corrected chi connectivity index (χ2v) is 6.98. The molecule has 4 rings (SSSR count). The summed E-state index contributed by atoms with van der Waals surface area (Å²) in [4.78, 5) is 16.4. The SMILES string of the molecule is COC(=O)c1cnn(-c2cccc(Br)c2)c1C1CC1c1cccnc1. The molecule has 25 heavy (non-hydrogen) atoms. The van der Waals surface area contributed by atoms with Gasteiger partial charge in [0, 0.05) is 22.8 Å². The highest BCUT2D eigenvalue weighted by Gasteiger charge is 2.44. The normalized spacial score (nSPS) is 18.8. The molecule has 0 spiro atoms. The lowest BCUT2D eigenvalue weighted by Crippen LogP contribution is -2.08. The molecule has 0 bridgehead atoms. The number of nitrogens with zero attached hydrogens (tertiary/aromatic N) is 3. The second kappa shape index (κ2) is 6.44. The van der Waals surface area contributed by atoms with Gasteiger partial charge in [-0.1, -0.05) is 28.1 Å². The number of rotatable bonds is 4. The predicted octanol–water partition coefficient (Wildman–Crippen LogP) is 4.09. The van der Waals surface area contributed by atoms with Crippen LogP contribution in [0.4, 0.5) is 0 Å². The van der Waals surface area contributed by atoms with E-state index in [2.05, 4.69) is 32.1 Å². The fourth-order valence-electron chi connectivity index (χ4n) is 3.26. The monoisotopic (exact) mass is 397 g/mol. The Hall–Kier alpha value is -2.47. The summed E-state index contributed by atoms with van der Waals surface area (Å²) in [6.45, 7) is 0. The van der Waals surface area contributed by atoms with Gasteiger partial charge in [0.05, 0.1) is 24.7 Å². The van der Waals surface area contributed by atoms with E-state index in [0.29, 0.717) is 11.5 Å². The van der Waals surface area contributed by atoms with Crippen molar-refractivity contribution < 1.29 is 9.53 Å². The molecule has 3 aromatic rings. The van der Waals surface area contributed by atoms with Crippen LogP contribution >= 0.6 is 15.9 Å². The van der Waals surface area contributed by atoms with Crippen LogP contribution < -0.4 is 0 Å². The smallest absolute Gasteiger partial charge is 0.341 e. The van der Waals surface area contributed by atoms with Crippen LogP contribution in [0.2, 0.25) is 0 Å².